The molecule has 0 saturated carbocycles. The summed E-state index contributed by atoms with van der Waals surface area (Å²) in [5.41, 5.74) is 1.95. The standard InChI is InChI=1S/C10H10N2O2S/c1-5-9(15-6(2)11-5)7-3-4-8(12-7)10(13)14/h3-4,12H,1-2H3,(H,13,14). The van der Waals surface area contributed by atoms with Gasteiger partial charge in [-0.15, -0.1) is 11.3 Å². The molecule has 0 bridgehead atoms. The molecule has 2 aromatic rings. The number of aromatic carboxylic acids is 1. The first-order chi connectivity index (χ1) is 7.08. The Hall–Kier alpha value is -1.62. The second-order valence-electron chi connectivity index (χ2n) is 3.24. The van der Waals surface area contributed by atoms with Crippen molar-refractivity contribution in [3.8, 4) is 10.6 Å². The van der Waals surface area contributed by atoms with Gasteiger partial charge in [0.15, 0.2) is 0 Å². The van der Waals surface area contributed by atoms with E-state index in [-0.39, 0.29) is 5.69 Å². The fourth-order valence-electron chi connectivity index (χ4n) is 1.43. The molecule has 0 aliphatic rings. The molecule has 0 fully saturated rings. The third-order valence-corrected chi connectivity index (χ3v) is 3.17. The largest absolute Gasteiger partial charge is 0.477 e. The highest BCUT2D eigenvalue weighted by molar-refractivity contribution is 7.15. The van der Waals surface area contributed by atoms with Gasteiger partial charge in [-0.1, -0.05) is 0 Å². The monoisotopic (exact) mass is 222 g/mol. The van der Waals surface area contributed by atoms with Crippen LogP contribution in [0.2, 0.25) is 0 Å². The van der Waals surface area contributed by atoms with Crippen molar-refractivity contribution >= 4 is 17.3 Å². The molecule has 0 aromatic carbocycles. The number of carboxylic acid groups (broad SMARTS) is 1. The molecule has 2 heterocycles. The van der Waals surface area contributed by atoms with Crippen molar-refractivity contribution in [1.29, 1.82) is 0 Å². The zero-order valence-electron chi connectivity index (χ0n) is 8.37. The quantitative estimate of drug-likeness (QED) is 0.820. The molecule has 78 valence electrons. The normalized spacial score (nSPS) is 10.5. The molecule has 0 amide bonds. The van der Waals surface area contributed by atoms with Crippen LogP contribution >= 0.6 is 11.3 Å². The van der Waals surface area contributed by atoms with Crippen LogP contribution in [-0.4, -0.2) is 21.0 Å². The van der Waals surface area contributed by atoms with Crippen LogP contribution in [0.1, 0.15) is 21.2 Å². The third-order valence-electron chi connectivity index (χ3n) is 2.06. The summed E-state index contributed by atoms with van der Waals surface area (Å²) in [6.45, 7) is 3.85. The molecule has 15 heavy (non-hydrogen) atoms. The summed E-state index contributed by atoms with van der Waals surface area (Å²) >= 11 is 1.56. The van der Waals surface area contributed by atoms with E-state index in [4.69, 9.17) is 5.11 Å². The molecule has 2 rings (SSSR count). The summed E-state index contributed by atoms with van der Waals surface area (Å²) in [5.74, 6) is -0.944. The predicted octanol–water partition coefficient (Wildman–Crippen LogP) is 2.45. The van der Waals surface area contributed by atoms with Crippen molar-refractivity contribution in [3.05, 3.63) is 28.5 Å². The zero-order chi connectivity index (χ0) is 11.0. The number of aryl methyl sites for hydroxylation is 2. The summed E-state index contributed by atoms with van der Waals surface area (Å²) in [5, 5.41) is 9.76. The van der Waals surface area contributed by atoms with Gasteiger partial charge in [0.05, 0.1) is 21.3 Å². The summed E-state index contributed by atoms with van der Waals surface area (Å²) in [4.78, 5) is 18.8. The first-order valence-electron chi connectivity index (χ1n) is 4.44. The van der Waals surface area contributed by atoms with Crippen molar-refractivity contribution in [3.63, 3.8) is 0 Å². The summed E-state index contributed by atoms with van der Waals surface area (Å²) in [6.07, 6.45) is 0. The number of carboxylic acids is 1. The average Bonchev–Trinajstić information content (AvgIpc) is 2.71. The number of carbonyl (C=O) groups is 1. The number of nitrogens with zero attached hydrogens (tertiary/aromatic N) is 1. The van der Waals surface area contributed by atoms with Crippen LogP contribution in [0.4, 0.5) is 0 Å². The Labute approximate surface area is 90.6 Å². The molecule has 0 aliphatic heterocycles. The maximum atomic E-state index is 10.7. The summed E-state index contributed by atoms with van der Waals surface area (Å²) in [6, 6.07) is 3.33. The lowest BCUT2D eigenvalue weighted by Gasteiger charge is -1.93. The van der Waals surface area contributed by atoms with Gasteiger partial charge in [0.2, 0.25) is 0 Å². The van der Waals surface area contributed by atoms with E-state index in [1.165, 1.54) is 0 Å². The van der Waals surface area contributed by atoms with Gasteiger partial charge in [-0.05, 0) is 26.0 Å². The highest BCUT2D eigenvalue weighted by Gasteiger charge is 2.11. The van der Waals surface area contributed by atoms with E-state index in [1.807, 2.05) is 13.8 Å². The van der Waals surface area contributed by atoms with Gasteiger partial charge in [0.25, 0.3) is 0 Å². The maximum absolute atomic E-state index is 10.7. The van der Waals surface area contributed by atoms with Gasteiger partial charge >= 0.3 is 5.97 Å². The highest BCUT2D eigenvalue weighted by Crippen LogP contribution is 2.28. The second kappa shape index (κ2) is 3.51. The summed E-state index contributed by atoms with van der Waals surface area (Å²) < 4.78 is 0. The van der Waals surface area contributed by atoms with Crippen LogP contribution in [0, 0.1) is 13.8 Å². The molecule has 4 nitrogen and oxygen atoms in total. The number of rotatable bonds is 2. The smallest absolute Gasteiger partial charge is 0.352 e. The van der Waals surface area contributed by atoms with E-state index < -0.39 is 5.97 Å². The Balaban J connectivity index is 2.45. The van der Waals surface area contributed by atoms with Gasteiger partial charge in [-0.3, -0.25) is 0 Å². The third kappa shape index (κ3) is 1.78. The SMILES string of the molecule is Cc1nc(C)c(-c2ccc(C(=O)O)[nH]2)s1. The Morgan fingerprint density at radius 2 is 2.20 bits per heavy atom. The van der Waals surface area contributed by atoms with Crippen molar-refractivity contribution in [2.24, 2.45) is 0 Å². The second-order valence-corrected chi connectivity index (χ2v) is 4.44. The van der Waals surface area contributed by atoms with Crippen molar-refractivity contribution < 1.29 is 9.90 Å². The van der Waals surface area contributed by atoms with Gasteiger partial charge in [-0.2, -0.15) is 0 Å². The molecule has 2 N–H and O–H groups in total. The minimum Gasteiger partial charge on any atom is -0.477 e. The topological polar surface area (TPSA) is 66.0 Å². The number of aromatic amines is 1. The van der Waals surface area contributed by atoms with Gasteiger partial charge in [-0.25, -0.2) is 9.78 Å². The molecule has 0 spiro atoms. The van der Waals surface area contributed by atoms with E-state index >= 15 is 0 Å². The van der Waals surface area contributed by atoms with Gasteiger partial charge in [0, 0.05) is 0 Å². The zero-order valence-corrected chi connectivity index (χ0v) is 9.18. The lowest BCUT2D eigenvalue weighted by atomic mass is 10.3. The van der Waals surface area contributed by atoms with E-state index in [2.05, 4.69) is 9.97 Å². The maximum Gasteiger partial charge on any atom is 0.352 e. The first-order valence-corrected chi connectivity index (χ1v) is 5.26. The summed E-state index contributed by atoms with van der Waals surface area (Å²) in [7, 11) is 0. The van der Waals surface area contributed by atoms with Crippen molar-refractivity contribution in [1.82, 2.24) is 9.97 Å². The molecule has 0 radical (unpaired) electrons. The fraction of sp³-hybridized carbons (Fsp3) is 0.200. The van der Waals surface area contributed by atoms with Crippen LogP contribution in [0.3, 0.4) is 0 Å². The number of nitrogens with one attached hydrogen (secondary N) is 1. The van der Waals surface area contributed by atoms with Gasteiger partial charge < -0.3 is 10.1 Å². The molecular weight excluding hydrogens is 212 g/mol. The number of aromatic nitrogens is 2. The molecule has 0 saturated heterocycles. The first kappa shape index (κ1) is 9.92. The fourth-order valence-corrected chi connectivity index (χ4v) is 2.33. The van der Waals surface area contributed by atoms with E-state index in [0.29, 0.717) is 0 Å². The van der Waals surface area contributed by atoms with Crippen LogP contribution < -0.4 is 0 Å². The number of hydrogen-bond donors (Lipinski definition) is 2. The van der Waals surface area contributed by atoms with Crippen molar-refractivity contribution in [2.45, 2.75) is 13.8 Å². The Morgan fingerprint density at radius 1 is 1.47 bits per heavy atom. The Kier molecular flexibility index (Phi) is 2.32. The van der Waals surface area contributed by atoms with Crippen LogP contribution in [-0.2, 0) is 0 Å². The Bertz CT molecular complexity index is 513. The van der Waals surface area contributed by atoms with E-state index in [9.17, 15) is 4.79 Å². The number of H-pyrrole nitrogens is 1. The van der Waals surface area contributed by atoms with Crippen molar-refractivity contribution in [2.75, 3.05) is 0 Å². The Morgan fingerprint density at radius 3 is 2.67 bits per heavy atom. The molecule has 0 aliphatic carbocycles. The molecular formula is C10H10N2O2S. The average molecular weight is 222 g/mol. The van der Waals surface area contributed by atoms with Crippen LogP contribution in [0.5, 0.6) is 0 Å². The predicted molar refractivity (Wildman–Crippen MR) is 58.3 cm³/mol. The minimum atomic E-state index is -0.944. The highest BCUT2D eigenvalue weighted by atomic mass is 32.1. The van der Waals surface area contributed by atoms with E-state index in [0.717, 1.165) is 21.3 Å². The lowest BCUT2D eigenvalue weighted by Crippen LogP contribution is -1.95. The van der Waals surface area contributed by atoms with E-state index in [1.54, 1.807) is 23.5 Å². The van der Waals surface area contributed by atoms with Crippen LogP contribution in [0.15, 0.2) is 12.1 Å². The molecule has 2 aromatic heterocycles. The number of thiazole rings is 1. The molecule has 5 heteroatoms. The van der Waals surface area contributed by atoms with Crippen LogP contribution in [0.25, 0.3) is 10.6 Å². The lowest BCUT2D eigenvalue weighted by molar-refractivity contribution is 0.0691. The van der Waals surface area contributed by atoms with Gasteiger partial charge in [0.1, 0.15) is 5.69 Å². The number of hydrogen-bond acceptors (Lipinski definition) is 3. The minimum absolute atomic E-state index is 0.204. The molecule has 0 atom stereocenters. The molecule has 0 unspecified atom stereocenters.